The molecular weight excluding hydrogens is 467 g/mol. The van der Waals surface area contributed by atoms with Gasteiger partial charge >= 0.3 is 0 Å². The van der Waals surface area contributed by atoms with Gasteiger partial charge < -0.3 is 10.2 Å². The van der Waals surface area contributed by atoms with E-state index < -0.39 is 6.04 Å². The van der Waals surface area contributed by atoms with Gasteiger partial charge in [0.05, 0.1) is 0 Å². The fraction of sp³-hybridized carbons (Fsp3) is 0.500. The summed E-state index contributed by atoms with van der Waals surface area (Å²) >= 11 is 12.5. The molecule has 34 heavy (non-hydrogen) atoms. The van der Waals surface area contributed by atoms with E-state index >= 15 is 0 Å². The van der Waals surface area contributed by atoms with Gasteiger partial charge in [0.15, 0.2) is 0 Å². The second-order valence-corrected chi connectivity index (χ2v) is 10.8. The van der Waals surface area contributed by atoms with Gasteiger partial charge in [-0.15, -0.1) is 0 Å². The van der Waals surface area contributed by atoms with E-state index in [9.17, 15) is 9.59 Å². The van der Waals surface area contributed by atoms with E-state index in [-0.39, 0.29) is 29.8 Å². The van der Waals surface area contributed by atoms with Gasteiger partial charge in [-0.25, -0.2) is 0 Å². The number of amides is 2. The maximum absolute atomic E-state index is 13.5. The highest BCUT2D eigenvalue weighted by atomic mass is 35.5. The summed E-state index contributed by atoms with van der Waals surface area (Å²) in [6.07, 6.45) is 2.26. The first-order valence-electron chi connectivity index (χ1n) is 12.1. The van der Waals surface area contributed by atoms with E-state index in [0.717, 1.165) is 17.5 Å². The first kappa shape index (κ1) is 28.2. The Kier molecular flexibility index (Phi) is 10.5. The lowest BCUT2D eigenvalue weighted by atomic mass is 9.86. The number of halogens is 2. The van der Waals surface area contributed by atoms with E-state index in [1.54, 1.807) is 17.0 Å². The number of carbonyl (C=O) groups is 2. The second kappa shape index (κ2) is 12.6. The van der Waals surface area contributed by atoms with Crippen molar-refractivity contribution in [1.29, 1.82) is 0 Å². The number of rotatable bonds is 10. The summed E-state index contributed by atoms with van der Waals surface area (Å²) in [6.45, 7) is 12.7. The van der Waals surface area contributed by atoms with Crippen LogP contribution in [-0.2, 0) is 28.0 Å². The number of carbonyl (C=O) groups excluding carboxylic acids is 2. The largest absolute Gasteiger partial charge is 0.352 e. The number of aryl methyl sites for hydroxylation is 1. The van der Waals surface area contributed by atoms with Crippen LogP contribution in [0.25, 0.3) is 0 Å². The third-order valence-corrected chi connectivity index (χ3v) is 6.78. The van der Waals surface area contributed by atoms with Crippen LogP contribution in [0.1, 0.15) is 77.5 Å². The molecule has 186 valence electrons. The number of hydrogen-bond acceptors (Lipinski definition) is 2. The molecule has 0 bridgehead atoms. The Morgan fingerprint density at radius 1 is 1.00 bits per heavy atom. The highest BCUT2D eigenvalue weighted by Gasteiger charge is 2.29. The minimum Gasteiger partial charge on any atom is -0.352 e. The molecule has 0 aliphatic heterocycles. The second-order valence-electron chi connectivity index (χ2n) is 9.95. The summed E-state index contributed by atoms with van der Waals surface area (Å²) in [5.41, 5.74) is 3.21. The number of benzene rings is 2. The van der Waals surface area contributed by atoms with Crippen LogP contribution >= 0.6 is 23.2 Å². The quantitative estimate of drug-likeness (QED) is 0.380. The van der Waals surface area contributed by atoms with Crippen molar-refractivity contribution < 1.29 is 9.59 Å². The predicted molar refractivity (Wildman–Crippen MR) is 142 cm³/mol. The van der Waals surface area contributed by atoms with Crippen LogP contribution in [0.3, 0.4) is 0 Å². The number of hydrogen-bond donors (Lipinski definition) is 1. The molecule has 0 radical (unpaired) electrons. The van der Waals surface area contributed by atoms with E-state index in [1.165, 1.54) is 5.56 Å². The molecular formula is C28H38Cl2N2O2. The molecule has 0 spiro atoms. The minimum atomic E-state index is -0.573. The molecule has 0 saturated carbocycles. The summed E-state index contributed by atoms with van der Waals surface area (Å²) in [6, 6.07) is 13.1. The SMILES string of the molecule is CCC(C)NC(=O)C(CC)N(Cc1ccc(Cl)cc1Cl)C(=O)CCc1ccc(C(C)(C)C)cc1. The van der Waals surface area contributed by atoms with Gasteiger partial charge in [-0.3, -0.25) is 9.59 Å². The fourth-order valence-corrected chi connectivity index (χ4v) is 4.23. The molecule has 0 fully saturated rings. The van der Waals surface area contributed by atoms with E-state index in [4.69, 9.17) is 23.2 Å². The van der Waals surface area contributed by atoms with Gasteiger partial charge in [-0.05, 0) is 60.4 Å². The summed E-state index contributed by atoms with van der Waals surface area (Å²) < 4.78 is 0. The highest BCUT2D eigenvalue weighted by molar-refractivity contribution is 6.35. The molecule has 0 heterocycles. The lowest BCUT2D eigenvalue weighted by molar-refractivity contribution is -0.141. The molecule has 2 amide bonds. The molecule has 2 aromatic carbocycles. The highest BCUT2D eigenvalue weighted by Crippen LogP contribution is 2.25. The lowest BCUT2D eigenvalue weighted by Gasteiger charge is -2.32. The zero-order valence-electron chi connectivity index (χ0n) is 21.3. The monoisotopic (exact) mass is 504 g/mol. The molecule has 2 atom stereocenters. The van der Waals surface area contributed by atoms with Crippen molar-refractivity contribution in [2.45, 2.75) is 91.3 Å². The topological polar surface area (TPSA) is 49.4 Å². The summed E-state index contributed by atoms with van der Waals surface area (Å²) in [5.74, 6) is -0.207. The van der Waals surface area contributed by atoms with Crippen LogP contribution in [0.4, 0.5) is 0 Å². The van der Waals surface area contributed by atoms with Crippen molar-refractivity contribution in [3.63, 3.8) is 0 Å². The maximum Gasteiger partial charge on any atom is 0.243 e. The molecule has 0 saturated heterocycles. The molecule has 2 rings (SSSR count). The molecule has 2 aromatic rings. The van der Waals surface area contributed by atoms with Crippen molar-refractivity contribution >= 4 is 35.0 Å². The minimum absolute atomic E-state index is 0.0407. The molecule has 2 unspecified atom stereocenters. The molecule has 4 nitrogen and oxygen atoms in total. The Morgan fingerprint density at radius 3 is 2.18 bits per heavy atom. The van der Waals surface area contributed by atoms with Gasteiger partial charge in [0.2, 0.25) is 11.8 Å². The zero-order chi connectivity index (χ0) is 25.5. The van der Waals surface area contributed by atoms with Crippen molar-refractivity contribution in [3.05, 3.63) is 69.2 Å². The third kappa shape index (κ3) is 8.02. The van der Waals surface area contributed by atoms with Crippen molar-refractivity contribution in [1.82, 2.24) is 10.2 Å². The van der Waals surface area contributed by atoms with Crippen LogP contribution < -0.4 is 5.32 Å². The van der Waals surface area contributed by atoms with Crippen LogP contribution in [-0.4, -0.2) is 28.8 Å². The average Bonchev–Trinajstić information content (AvgIpc) is 2.78. The zero-order valence-corrected chi connectivity index (χ0v) is 22.8. The Labute approximate surface area is 215 Å². The summed E-state index contributed by atoms with van der Waals surface area (Å²) in [7, 11) is 0. The average molecular weight is 506 g/mol. The van der Waals surface area contributed by atoms with Crippen molar-refractivity contribution in [2.75, 3.05) is 0 Å². The first-order chi connectivity index (χ1) is 16.0. The molecule has 0 aromatic heterocycles. The Morgan fingerprint density at radius 2 is 1.65 bits per heavy atom. The molecule has 6 heteroatoms. The normalized spacial score (nSPS) is 13.3. The smallest absolute Gasteiger partial charge is 0.243 e. The summed E-state index contributed by atoms with van der Waals surface area (Å²) in [4.78, 5) is 28.2. The number of nitrogens with zero attached hydrogens (tertiary/aromatic N) is 1. The lowest BCUT2D eigenvalue weighted by Crippen LogP contribution is -2.50. The summed E-state index contributed by atoms with van der Waals surface area (Å²) in [5, 5.41) is 4.05. The Balaban J connectivity index is 2.24. The van der Waals surface area contributed by atoms with Crippen LogP contribution in [0.2, 0.25) is 10.0 Å². The molecule has 1 N–H and O–H groups in total. The van der Waals surface area contributed by atoms with E-state index in [1.807, 2.05) is 26.8 Å². The van der Waals surface area contributed by atoms with Gasteiger partial charge in [-0.2, -0.15) is 0 Å². The van der Waals surface area contributed by atoms with Crippen molar-refractivity contribution in [2.24, 2.45) is 0 Å². The Hall–Kier alpha value is -2.04. The number of nitrogens with one attached hydrogen (secondary N) is 1. The first-order valence-corrected chi connectivity index (χ1v) is 12.8. The van der Waals surface area contributed by atoms with E-state index in [2.05, 4.69) is 50.4 Å². The maximum atomic E-state index is 13.5. The molecule has 0 aliphatic rings. The molecule has 0 aliphatic carbocycles. The van der Waals surface area contributed by atoms with Gasteiger partial charge in [0, 0.05) is 29.1 Å². The van der Waals surface area contributed by atoms with Gasteiger partial charge in [0.25, 0.3) is 0 Å². The third-order valence-electron chi connectivity index (χ3n) is 6.19. The van der Waals surface area contributed by atoms with Gasteiger partial charge in [-0.1, -0.05) is 88.2 Å². The van der Waals surface area contributed by atoms with Crippen LogP contribution in [0.15, 0.2) is 42.5 Å². The van der Waals surface area contributed by atoms with Crippen LogP contribution in [0.5, 0.6) is 0 Å². The van der Waals surface area contributed by atoms with Crippen molar-refractivity contribution in [3.8, 4) is 0 Å². The standard InChI is InChI=1S/C28H38Cl2N2O2/c1-7-19(3)31-27(34)25(8-2)32(18-21-12-15-23(29)17-24(21)30)26(33)16-11-20-9-13-22(14-10-20)28(4,5)6/h9-10,12-15,17,19,25H,7-8,11,16,18H2,1-6H3,(H,31,34). The fourth-order valence-electron chi connectivity index (χ4n) is 3.76. The van der Waals surface area contributed by atoms with Crippen LogP contribution in [0, 0.1) is 0 Å². The Bertz CT molecular complexity index is 967. The van der Waals surface area contributed by atoms with Gasteiger partial charge in [0.1, 0.15) is 6.04 Å². The van der Waals surface area contributed by atoms with E-state index in [0.29, 0.717) is 29.3 Å². The predicted octanol–water partition coefficient (Wildman–Crippen LogP) is 6.95.